The Labute approximate surface area is 139 Å². The van der Waals surface area contributed by atoms with Crippen molar-refractivity contribution in [1.82, 2.24) is 10.6 Å². The number of hydrogen-bond donors (Lipinski definition) is 3. The van der Waals surface area contributed by atoms with E-state index >= 15 is 0 Å². The van der Waals surface area contributed by atoms with Crippen molar-refractivity contribution in [3.63, 3.8) is 0 Å². The van der Waals surface area contributed by atoms with Crippen molar-refractivity contribution in [3.8, 4) is 0 Å². The Hall–Kier alpha value is -1.30. The van der Waals surface area contributed by atoms with Crippen LogP contribution in [0.1, 0.15) is 66.2 Å². The molecular formula is C17H32N2O4. The number of hydrogen-bond acceptors (Lipinski definition) is 4. The highest BCUT2D eigenvalue weighted by atomic mass is 16.6. The molecule has 2 unspecified atom stereocenters. The Balaban J connectivity index is 2.48. The lowest BCUT2D eigenvalue weighted by molar-refractivity contribution is -0.137. The van der Waals surface area contributed by atoms with Crippen molar-refractivity contribution in [2.75, 3.05) is 6.54 Å². The maximum absolute atomic E-state index is 11.8. The Morgan fingerprint density at radius 2 is 1.87 bits per heavy atom. The van der Waals surface area contributed by atoms with Gasteiger partial charge in [0.15, 0.2) is 0 Å². The molecule has 0 radical (unpaired) electrons. The maximum Gasteiger partial charge on any atom is 0.407 e. The van der Waals surface area contributed by atoms with Gasteiger partial charge in [-0.3, -0.25) is 4.79 Å². The zero-order valence-electron chi connectivity index (χ0n) is 14.9. The van der Waals surface area contributed by atoms with Gasteiger partial charge in [0.1, 0.15) is 5.60 Å². The summed E-state index contributed by atoms with van der Waals surface area (Å²) < 4.78 is 5.28. The van der Waals surface area contributed by atoms with Crippen LogP contribution in [-0.4, -0.2) is 41.4 Å². The first-order valence-corrected chi connectivity index (χ1v) is 8.62. The molecule has 1 saturated carbocycles. The van der Waals surface area contributed by atoms with E-state index in [-0.39, 0.29) is 18.5 Å². The van der Waals surface area contributed by atoms with E-state index in [1.54, 1.807) is 0 Å². The van der Waals surface area contributed by atoms with Crippen LogP contribution in [0.3, 0.4) is 0 Å². The topological polar surface area (TPSA) is 87.7 Å². The fraction of sp³-hybridized carbons (Fsp3) is 0.882. The van der Waals surface area contributed by atoms with Crippen molar-refractivity contribution in [3.05, 3.63) is 0 Å². The van der Waals surface area contributed by atoms with Crippen LogP contribution in [-0.2, 0) is 9.53 Å². The van der Waals surface area contributed by atoms with Crippen LogP contribution in [0.2, 0.25) is 0 Å². The summed E-state index contributed by atoms with van der Waals surface area (Å²) in [7, 11) is 0. The molecule has 23 heavy (non-hydrogen) atoms. The fourth-order valence-corrected chi connectivity index (χ4v) is 3.02. The van der Waals surface area contributed by atoms with E-state index < -0.39 is 17.7 Å². The smallest absolute Gasteiger partial charge is 0.407 e. The first-order valence-electron chi connectivity index (χ1n) is 8.62. The van der Waals surface area contributed by atoms with Gasteiger partial charge in [-0.15, -0.1) is 0 Å². The number of rotatable bonds is 8. The molecule has 2 atom stereocenters. The molecule has 6 heteroatoms. The molecule has 134 valence electrons. The standard InChI is InChI=1S/C17H32N2O4/c1-12(9-10-15(20)21)19-14(13-7-5-6-8-13)11-18-16(22)23-17(2,3)4/h12-14,19H,5-11H2,1-4H3,(H,18,22)(H,20,21). The molecule has 0 aromatic rings. The highest BCUT2D eigenvalue weighted by molar-refractivity contribution is 5.67. The maximum atomic E-state index is 11.8. The van der Waals surface area contributed by atoms with Crippen molar-refractivity contribution in [1.29, 1.82) is 0 Å². The summed E-state index contributed by atoms with van der Waals surface area (Å²) >= 11 is 0. The predicted octanol–water partition coefficient (Wildman–Crippen LogP) is 2.91. The van der Waals surface area contributed by atoms with Gasteiger partial charge in [-0.1, -0.05) is 12.8 Å². The largest absolute Gasteiger partial charge is 0.481 e. The van der Waals surface area contributed by atoms with Crippen LogP contribution in [0.5, 0.6) is 0 Å². The van der Waals surface area contributed by atoms with Crippen molar-refractivity contribution in [2.45, 2.75) is 83.9 Å². The number of alkyl carbamates (subject to hydrolysis) is 1. The molecule has 0 aromatic carbocycles. The van der Waals surface area contributed by atoms with Crippen LogP contribution in [0.25, 0.3) is 0 Å². The lowest BCUT2D eigenvalue weighted by Gasteiger charge is -2.29. The zero-order valence-corrected chi connectivity index (χ0v) is 14.9. The minimum absolute atomic E-state index is 0.108. The third kappa shape index (κ3) is 8.79. The first kappa shape index (κ1) is 19.7. The van der Waals surface area contributed by atoms with E-state index in [0.29, 0.717) is 18.9 Å². The minimum Gasteiger partial charge on any atom is -0.481 e. The second kappa shape index (κ2) is 9.11. The lowest BCUT2D eigenvalue weighted by atomic mass is 9.96. The quantitative estimate of drug-likeness (QED) is 0.637. The van der Waals surface area contributed by atoms with Gasteiger partial charge in [0.2, 0.25) is 0 Å². The van der Waals surface area contributed by atoms with E-state index in [9.17, 15) is 9.59 Å². The van der Waals surface area contributed by atoms with Crippen LogP contribution in [0, 0.1) is 5.92 Å². The molecule has 3 N–H and O–H groups in total. The highest BCUT2D eigenvalue weighted by Crippen LogP contribution is 2.28. The number of carbonyl (C=O) groups excluding carboxylic acids is 1. The Morgan fingerprint density at radius 3 is 2.39 bits per heavy atom. The molecule has 0 spiro atoms. The van der Waals surface area contributed by atoms with E-state index in [1.807, 2.05) is 27.7 Å². The van der Waals surface area contributed by atoms with Crippen LogP contribution in [0.4, 0.5) is 4.79 Å². The van der Waals surface area contributed by atoms with Gasteiger partial charge in [0.05, 0.1) is 0 Å². The molecule has 1 fully saturated rings. The third-order valence-corrected chi connectivity index (χ3v) is 4.12. The number of carboxylic acids is 1. The Morgan fingerprint density at radius 1 is 1.26 bits per heavy atom. The van der Waals surface area contributed by atoms with E-state index in [2.05, 4.69) is 10.6 Å². The summed E-state index contributed by atoms with van der Waals surface area (Å²) in [6.45, 7) is 8.03. The fourth-order valence-electron chi connectivity index (χ4n) is 3.02. The Bertz CT molecular complexity index is 387. The summed E-state index contributed by atoms with van der Waals surface area (Å²) in [4.78, 5) is 22.5. The summed E-state index contributed by atoms with van der Waals surface area (Å²) in [6.07, 6.45) is 5.09. The number of carbonyl (C=O) groups is 2. The lowest BCUT2D eigenvalue weighted by Crippen LogP contribution is -2.49. The average molecular weight is 328 g/mol. The van der Waals surface area contributed by atoms with Crippen LogP contribution < -0.4 is 10.6 Å². The van der Waals surface area contributed by atoms with Crippen LogP contribution in [0.15, 0.2) is 0 Å². The molecule has 0 bridgehead atoms. The molecule has 0 aromatic heterocycles. The highest BCUT2D eigenvalue weighted by Gasteiger charge is 2.27. The molecule has 1 rings (SSSR count). The molecule has 0 saturated heterocycles. The summed E-state index contributed by atoms with van der Waals surface area (Å²) in [6, 6.07) is 0.269. The summed E-state index contributed by atoms with van der Waals surface area (Å²) in [5, 5.41) is 15.1. The van der Waals surface area contributed by atoms with Gasteiger partial charge < -0.3 is 20.5 Å². The first-order chi connectivity index (χ1) is 10.7. The predicted molar refractivity (Wildman–Crippen MR) is 89.5 cm³/mol. The molecule has 1 amide bonds. The number of amides is 1. The normalized spacial score (nSPS) is 18.4. The van der Waals surface area contributed by atoms with Gasteiger partial charge in [-0.05, 0) is 52.9 Å². The van der Waals surface area contributed by atoms with E-state index in [0.717, 1.165) is 12.8 Å². The van der Waals surface area contributed by atoms with Crippen LogP contribution >= 0.6 is 0 Å². The molecule has 0 heterocycles. The van der Waals surface area contributed by atoms with Gasteiger partial charge in [-0.2, -0.15) is 0 Å². The second-order valence-electron chi connectivity index (χ2n) is 7.53. The van der Waals surface area contributed by atoms with Gasteiger partial charge in [-0.25, -0.2) is 4.79 Å². The SMILES string of the molecule is CC(CCC(=O)O)NC(CNC(=O)OC(C)(C)C)C1CCCC1. The second-order valence-corrected chi connectivity index (χ2v) is 7.53. The minimum atomic E-state index is -0.775. The Kier molecular flexibility index (Phi) is 7.82. The van der Waals surface area contributed by atoms with Crippen molar-refractivity contribution < 1.29 is 19.4 Å². The molecule has 1 aliphatic rings. The number of carboxylic acid groups (broad SMARTS) is 1. The third-order valence-electron chi connectivity index (χ3n) is 4.12. The van der Waals surface area contributed by atoms with E-state index in [1.165, 1.54) is 12.8 Å². The molecular weight excluding hydrogens is 296 g/mol. The van der Waals surface area contributed by atoms with E-state index in [4.69, 9.17) is 9.84 Å². The zero-order chi connectivity index (χ0) is 17.5. The summed E-state index contributed by atoms with van der Waals surface area (Å²) in [5.41, 5.74) is -0.505. The molecule has 1 aliphatic carbocycles. The number of aliphatic carboxylic acids is 1. The van der Waals surface area contributed by atoms with Gasteiger partial charge in [0, 0.05) is 25.0 Å². The molecule has 0 aliphatic heterocycles. The molecule has 6 nitrogen and oxygen atoms in total. The monoisotopic (exact) mass is 328 g/mol. The van der Waals surface area contributed by atoms with Gasteiger partial charge in [0.25, 0.3) is 0 Å². The van der Waals surface area contributed by atoms with Crippen molar-refractivity contribution >= 4 is 12.1 Å². The van der Waals surface area contributed by atoms with Crippen molar-refractivity contribution in [2.24, 2.45) is 5.92 Å². The number of nitrogens with one attached hydrogen (secondary N) is 2. The average Bonchev–Trinajstić information content (AvgIpc) is 2.93. The number of ether oxygens (including phenoxy) is 1. The summed E-state index contributed by atoms with van der Waals surface area (Å²) in [5.74, 6) is -0.250. The van der Waals surface area contributed by atoms with Gasteiger partial charge >= 0.3 is 12.1 Å².